The normalized spacial score (nSPS) is 12.4. The minimum Gasteiger partial charge on any atom is -0.258 e. The van der Waals surface area contributed by atoms with Crippen molar-refractivity contribution in [1.29, 1.82) is 0 Å². The third-order valence-corrected chi connectivity index (χ3v) is 2.38. The fraction of sp³-hybridized carbons (Fsp3) is 0.0833. The van der Waals surface area contributed by atoms with Gasteiger partial charge in [0, 0.05) is 11.2 Å². The summed E-state index contributed by atoms with van der Waals surface area (Å²) in [6.07, 6.45) is 0.680. The monoisotopic (exact) mass is 218 g/mol. The molecule has 1 heterocycles. The Hall–Kier alpha value is -1.38. The van der Waals surface area contributed by atoms with Crippen molar-refractivity contribution in [1.82, 2.24) is 4.98 Å². The van der Waals surface area contributed by atoms with E-state index in [1.54, 1.807) is 42.6 Å². The van der Waals surface area contributed by atoms with E-state index in [1.165, 1.54) is 0 Å². The number of hydrogen-bond acceptors (Lipinski definition) is 1. The summed E-state index contributed by atoms with van der Waals surface area (Å²) >= 11 is 5.74. The van der Waals surface area contributed by atoms with Gasteiger partial charge in [-0.3, -0.25) is 4.98 Å². The Kier molecular flexibility index (Phi) is 2.99. The largest absolute Gasteiger partial charge is 0.258 e. The number of nitrogens with zero attached hydrogens (tertiary/aromatic N) is 1. The molecule has 0 N–H and O–H groups in total. The Labute approximate surface area is 93.2 Å². The molecule has 1 atom stereocenters. The second-order valence-corrected chi connectivity index (χ2v) is 3.62. The van der Waals surface area contributed by atoms with E-state index < -0.39 is 6.10 Å². The number of aromatic nitrogens is 1. The quantitative estimate of drug-likeness (QED) is 0.762. The number of hydrogen-bond donors (Lipinski definition) is 0. The second-order valence-electron chi connectivity index (χ2n) is 3.19. The van der Waals surface area contributed by atoms with Crippen LogP contribution in [0.4, 0.5) is 0 Å². The molecule has 1 radical (unpaired) electrons. The summed E-state index contributed by atoms with van der Waals surface area (Å²) in [7, 11) is 0. The highest BCUT2D eigenvalue weighted by atomic mass is 35.5. The molecule has 0 amide bonds. The topological polar surface area (TPSA) is 32.8 Å². The molecule has 0 saturated heterocycles. The summed E-state index contributed by atoms with van der Waals surface area (Å²) in [5.41, 5.74) is 1.21. The number of halogens is 1. The molecule has 2 aromatic rings. The lowest BCUT2D eigenvalue weighted by Crippen LogP contribution is -1.99. The third kappa shape index (κ3) is 2.35. The van der Waals surface area contributed by atoms with E-state index in [0.717, 1.165) is 0 Å². The predicted octanol–water partition coefficient (Wildman–Crippen LogP) is 3.25. The first-order valence-electron chi connectivity index (χ1n) is 4.59. The zero-order valence-corrected chi connectivity index (χ0v) is 8.69. The van der Waals surface area contributed by atoms with Crippen LogP contribution in [0.1, 0.15) is 17.4 Å². The molecule has 0 fully saturated rings. The number of rotatable bonds is 2. The van der Waals surface area contributed by atoms with Gasteiger partial charge in [-0.2, -0.15) is 0 Å². The molecule has 75 valence electrons. The lowest BCUT2D eigenvalue weighted by molar-refractivity contribution is 0.121. The number of benzene rings is 1. The molecule has 2 nitrogen and oxygen atoms in total. The van der Waals surface area contributed by atoms with E-state index in [9.17, 15) is 5.11 Å². The fourth-order valence-electron chi connectivity index (χ4n) is 1.34. The smallest absolute Gasteiger partial charge is 0.160 e. The first-order valence-corrected chi connectivity index (χ1v) is 4.97. The highest BCUT2D eigenvalue weighted by molar-refractivity contribution is 6.30. The molecule has 2 rings (SSSR count). The Morgan fingerprint density at radius 3 is 2.40 bits per heavy atom. The molecular weight excluding hydrogens is 210 g/mol. The molecule has 0 bridgehead atoms. The minimum atomic E-state index is -0.941. The Morgan fingerprint density at radius 2 is 1.80 bits per heavy atom. The van der Waals surface area contributed by atoms with E-state index in [-0.39, 0.29) is 0 Å². The summed E-state index contributed by atoms with van der Waals surface area (Å²) in [4.78, 5) is 4.03. The van der Waals surface area contributed by atoms with Crippen molar-refractivity contribution >= 4 is 11.6 Å². The van der Waals surface area contributed by atoms with Gasteiger partial charge in [0.1, 0.15) is 0 Å². The first-order chi connectivity index (χ1) is 7.27. The van der Waals surface area contributed by atoms with Crippen LogP contribution in [0.5, 0.6) is 0 Å². The van der Waals surface area contributed by atoms with Crippen LogP contribution in [0.25, 0.3) is 0 Å². The fourth-order valence-corrected chi connectivity index (χ4v) is 1.47. The van der Waals surface area contributed by atoms with Gasteiger partial charge in [0.15, 0.2) is 6.10 Å². The zero-order valence-electron chi connectivity index (χ0n) is 7.93. The SMILES string of the molecule is [O]C(c1ccc(Cl)cc1)c1ccccn1. The van der Waals surface area contributed by atoms with Crippen molar-refractivity contribution in [2.75, 3.05) is 0 Å². The molecule has 0 aliphatic rings. The second kappa shape index (κ2) is 4.43. The Balaban J connectivity index is 2.29. The molecule has 0 saturated carbocycles. The standard InChI is InChI=1S/C12H9ClNO/c13-10-6-4-9(5-7-10)12(15)11-3-1-2-8-14-11/h1-8,12H. The third-order valence-electron chi connectivity index (χ3n) is 2.13. The van der Waals surface area contributed by atoms with Gasteiger partial charge in [-0.1, -0.05) is 29.8 Å². The van der Waals surface area contributed by atoms with Gasteiger partial charge >= 0.3 is 0 Å². The summed E-state index contributed by atoms with van der Waals surface area (Å²) in [5.74, 6) is 0. The predicted molar refractivity (Wildman–Crippen MR) is 58.2 cm³/mol. The van der Waals surface area contributed by atoms with Crippen molar-refractivity contribution in [3.05, 3.63) is 64.9 Å². The van der Waals surface area contributed by atoms with Gasteiger partial charge in [-0.25, -0.2) is 5.11 Å². The van der Waals surface area contributed by atoms with Crippen LogP contribution in [0.15, 0.2) is 48.7 Å². The highest BCUT2D eigenvalue weighted by Crippen LogP contribution is 2.21. The van der Waals surface area contributed by atoms with Crippen LogP contribution >= 0.6 is 11.6 Å². The molecule has 1 aromatic heterocycles. The van der Waals surface area contributed by atoms with E-state index in [4.69, 9.17) is 11.6 Å². The molecule has 1 unspecified atom stereocenters. The Bertz CT molecular complexity index is 427. The average Bonchev–Trinajstić information content (AvgIpc) is 2.30. The van der Waals surface area contributed by atoms with Crippen molar-refractivity contribution in [3.8, 4) is 0 Å². The van der Waals surface area contributed by atoms with Crippen LogP contribution in [0.2, 0.25) is 5.02 Å². The molecule has 0 spiro atoms. The van der Waals surface area contributed by atoms with Gasteiger partial charge < -0.3 is 0 Å². The van der Waals surface area contributed by atoms with E-state index in [1.807, 2.05) is 6.07 Å². The van der Waals surface area contributed by atoms with Gasteiger partial charge in [0.05, 0.1) is 5.69 Å². The van der Waals surface area contributed by atoms with E-state index in [0.29, 0.717) is 16.3 Å². The van der Waals surface area contributed by atoms with Crippen LogP contribution < -0.4 is 0 Å². The number of pyridine rings is 1. The lowest BCUT2D eigenvalue weighted by Gasteiger charge is -2.07. The van der Waals surface area contributed by atoms with E-state index in [2.05, 4.69) is 4.98 Å². The van der Waals surface area contributed by atoms with Crippen molar-refractivity contribution in [3.63, 3.8) is 0 Å². The van der Waals surface area contributed by atoms with E-state index >= 15 is 0 Å². The summed E-state index contributed by atoms with van der Waals surface area (Å²) < 4.78 is 0. The average molecular weight is 219 g/mol. The summed E-state index contributed by atoms with van der Waals surface area (Å²) in [6.45, 7) is 0. The maximum atomic E-state index is 11.9. The maximum absolute atomic E-state index is 11.9. The van der Waals surface area contributed by atoms with Crippen molar-refractivity contribution in [2.45, 2.75) is 6.10 Å². The zero-order chi connectivity index (χ0) is 10.7. The summed E-state index contributed by atoms with van der Waals surface area (Å²) in [5, 5.41) is 12.6. The van der Waals surface area contributed by atoms with Crippen molar-refractivity contribution < 1.29 is 5.11 Å². The first kappa shape index (κ1) is 10.1. The summed E-state index contributed by atoms with van der Waals surface area (Å²) in [6, 6.07) is 12.2. The van der Waals surface area contributed by atoms with Crippen LogP contribution in [0.3, 0.4) is 0 Å². The molecule has 0 aliphatic heterocycles. The molecular formula is C12H9ClNO. The molecule has 15 heavy (non-hydrogen) atoms. The van der Waals surface area contributed by atoms with Gasteiger partial charge in [0.2, 0.25) is 0 Å². The van der Waals surface area contributed by atoms with Crippen LogP contribution in [-0.4, -0.2) is 4.98 Å². The minimum absolute atomic E-state index is 0.528. The van der Waals surface area contributed by atoms with Crippen LogP contribution in [0, 0.1) is 0 Å². The van der Waals surface area contributed by atoms with Gasteiger partial charge in [-0.15, -0.1) is 0 Å². The molecule has 1 aromatic carbocycles. The molecule has 3 heteroatoms. The van der Waals surface area contributed by atoms with Crippen molar-refractivity contribution in [2.24, 2.45) is 0 Å². The molecule has 0 aliphatic carbocycles. The van der Waals surface area contributed by atoms with Gasteiger partial charge in [-0.05, 0) is 29.8 Å². The van der Waals surface area contributed by atoms with Gasteiger partial charge in [0.25, 0.3) is 0 Å². The lowest BCUT2D eigenvalue weighted by atomic mass is 10.1. The Morgan fingerprint density at radius 1 is 1.07 bits per heavy atom. The maximum Gasteiger partial charge on any atom is 0.160 e. The van der Waals surface area contributed by atoms with Crippen LogP contribution in [-0.2, 0) is 5.11 Å². The highest BCUT2D eigenvalue weighted by Gasteiger charge is 2.12.